The second kappa shape index (κ2) is 8.40. The Hall–Kier alpha value is -2.47. The predicted molar refractivity (Wildman–Crippen MR) is 91.4 cm³/mol. The first-order valence-corrected chi connectivity index (χ1v) is 7.66. The largest absolute Gasteiger partial charge is 0.493 e. The molecule has 1 aromatic heterocycles. The number of benzene rings is 1. The number of nitrogens with one attached hydrogen (secondary N) is 1. The van der Waals surface area contributed by atoms with Crippen molar-refractivity contribution in [3.8, 4) is 17.4 Å². The van der Waals surface area contributed by atoms with Crippen LogP contribution in [0.1, 0.15) is 15.9 Å². The Bertz CT molecular complexity index is 722. The molecule has 1 amide bonds. The van der Waals surface area contributed by atoms with Gasteiger partial charge in [0.05, 0.1) is 21.3 Å². The molecule has 0 aliphatic heterocycles. The Labute approximate surface area is 145 Å². The molecule has 0 unspecified atom stereocenters. The molecule has 1 aromatic carbocycles. The Kier molecular flexibility index (Phi) is 6.26. The van der Waals surface area contributed by atoms with Crippen molar-refractivity contribution in [2.75, 3.05) is 27.9 Å². The zero-order chi connectivity index (χ0) is 17.5. The lowest BCUT2D eigenvalue weighted by Crippen LogP contribution is -2.25. The van der Waals surface area contributed by atoms with Crippen LogP contribution in [0.15, 0.2) is 30.3 Å². The van der Waals surface area contributed by atoms with Crippen molar-refractivity contribution < 1.29 is 19.0 Å². The van der Waals surface area contributed by atoms with Crippen LogP contribution in [0, 0.1) is 0 Å². The molecular weight excluding hydrogens is 332 g/mol. The van der Waals surface area contributed by atoms with Crippen molar-refractivity contribution in [3.63, 3.8) is 0 Å². The summed E-state index contributed by atoms with van der Waals surface area (Å²) in [5.41, 5.74) is 1.43. The molecule has 24 heavy (non-hydrogen) atoms. The molecule has 1 heterocycles. The van der Waals surface area contributed by atoms with Gasteiger partial charge in [-0.2, -0.15) is 0 Å². The lowest BCUT2D eigenvalue weighted by molar-refractivity contribution is 0.0953. The molecule has 0 bridgehead atoms. The summed E-state index contributed by atoms with van der Waals surface area (Å²) >= 11 is 5.87. The van der Waals surface area contributed by atoms with Crippen LogP contribution < -0.4 is 19.5 Å². The summed E-state index contributed by atoms with van der Waals surface area (Å²) in [5, 5.41) is 3.05. The molecule has 0 aliphatic carbocycles. The van der Waals surface area contributed by atoms with Crippen molar-refractivity contribution >= 4 is 17.5 Å². The van der Waals surface area contributed by atoms with Gasteiger partial charge in [0.25, 0.3) is 5.91 Å². The maximum Gasteiger partial charge on any atom is 0.251 e. The monoisotopic (exact) mass is 350 g/mol. The normalized spacial score (nSPS) is 10.2. The molecule has 0 fully saturated rings. The van der Waals surface area contributed by atoms with Crippen molar-refractivity contribution in [1.82, 2.24) is 10.3 Å². The molecule has 2 aromatic rings. The van der Waals surface area contributed by atoms with E-state index in [1.54, 1.807) is 14.2 Å². The Morgan fingerprint density at radius 2 is 1.83 bits per heavy atom. The SMILES string of the molecule is COc1cc(C(=O)NCCc2ccc(OC)c(OC)c2)cc(Cl)n1. The van der Waals surface area contributed by atoms with Crippen molar-refractivity contribution in [1.29, 1.82) is 0 Å². The second-order valence-corrected chi connectivity index (χ2v) is 5.30. The number of rotatable bonds is 7. The lowest BCUT2D eigenvalue weighted by Gasteiger charge is -2.10. The van der Waals surface area contributed by atoms with E-state index in [0.29, 0.717) is 35.9 Å². The average molecular weight is 351 g/mol. The van der Waals surface area contributed by atoms with Crippen molar-refractivity contribution in [2.45, 2.75) is 6.42 Å². The predicted octanol–water partition coefficient (Wildman–Crippen LogP) is 2.73. The van der Waals surface area contributed by atoms with E-state index in [9.17, 15) is 4.79 Å². The number of aromatic nitrogens is 1. The van der Waals surface area contributed by atoms with Gasteiger partial charge in [0.1, 0.15) is 5.15 Å². The minimum absolute atomic E-state index is 0.208. The van der Waals surface area contributed by atoms with Crippen LogP contribution in [0.5, 0.6) is 17.4 Å². The topological polar surface area (TPSA) is 69.7 Å². The van der Waals surface area contributed by atoms with E-state index >= 15 is 0 Å². The molecule has 6 nitrogen and oxygen atoms in total. The van der Waals surface area contributed by atoms with Crippen molar-refractivity contribution in [2.24, 2.45) is 0 Å². The number of pyridine rings is 1. The third-order valence-electron chi connectivity index (χ3n) is 3.39. The summed E-state index contributed by atoms with van der Waals surface area (Å²) in [6.45, 7) is 0.469. The van der Waals surface area contributed by atoms with Crippen LogP contribution in [-0.4, -0.2) is 38.8 Å². The number of hydrogen-bond donors (Lipinski definition) is 1. The van der Waals surface area contributed by atoms with Gasteiger partial charge in [0, 0.05) is 18.2 Å². The summed E-state index contributed by atoms with van der Waals surface area (Å²) in [5.74, 6) is 1.39. The highest BCUT2D eigenvalue weighted by atomic mass is 35.5. The molecule has 128 valence electrons. The van der Waals surface area contributed by atoms with Gasteiger partial charge in [-0.3, -0.25) is 4.79 Å². The first-order chi connectivity index (χ1) is 11.6. The number of carbonyl (C=O) groups is 1. The fourth-order valence-electron chi connectivity index (χ4n) is 2.17. The highest BCUT2D eigenvalue weighted by Crippen LogP contribution is 2.27. The standard InChI is InChI=1S/C17H19ClN2O4/c1-22-13-5-4-11(8-14(13)23-2)6-7-19-17(21)12-9-15(18)20-16(10-12)24-3/h4-5,8-10H,6-7H2,1-3H3,(H,19,21). The van der Waals surface area contributed by atoms with Gasteiger partial charge in [-0.15, -0.1) is 0 Å². The summed E-state index contributed by atoms with van der Waals surface area (Å²) in [4.78, 5) is 16.1. The van der Waals surface area contributed by atoms with Crippen LogP contribution in [0.4, 0.5) is 0 Å². The van der Waals surface area contributed by atoms with Gasteiger partial charge in [0.2, 0.25) is 5.88 Å². The fraction of sp³-hybridized carbons (Fsp3) is 0.294. The number of carbonyl (C=O) groups excluding carboxylic acids is 1. The maximum atomic E-state index is 12.2. The number of amides is 1. The third-order valence-corrected chi connectivity index (χ3v) is 3.58. The average Bonchev–Trinajstić information content (AvgIpc) is 2.60. The van der Waals surface area contributed by atoms with Crippen LogP contribution in [-0.2, 0) is 6.42 Å². The Balaban J connectivity index is 1.96. The molecule has 0 saturated carbocycles. The number of nitrogens with zero attached hydrogens (tertiary/aromatic N) is 1. The van der Waals surface area contributed by atoms with Gasteiger partial charge in [-0.25, -0.2) is 4.98 Å². The molecule has 0 aliphatic rings. The molecule has 0 radical (unpaired) electrons. The van der Waals surface area contributed by atoms with E-state index in [1.165, 1.54) is 19.2 Å². The molecule has 7 heteroatoms. The smallest absolute Gasteiger partial charge is 0.251 e. The highest BCUT2D eigenvalue weighted by molar-refractivity contribution is 6.29. The summed E-state index contributed by atoms with van der Waals surface area (Å²) < 4.78 is 15.5. The third kappa shape index (κ3) is 4.52. The van der Waals surface area contributed by atoms with E-state index in [0.717, 1.165) is 5.56 Å². The Morgan fingerprint density at radius 3 is 2.50 bits per heavy atom. The fourth-order valence-corrected chi connectivity index (χ4v) is 2.37. The van der Waals surface area contributed by atoms with E-state index in [1.807, 2.05) is 18.2 Å². The number of hydrogen-bond acceptors (Lipinski definition) is 5. The van der Waals surface area contributed by atoms with Gasteiger partial charge < -0.3 is 19.5 Å². The number of halogens is 1. The molecule has 1 N–H and O–H groups in total. The van der Waals surface area contributed by atoms with Gasteiger partial charge in [-0.05, 0) is 30.2 Å². The zero-order valence-electron chi connectivity index (χ0n) is 13.8. The first kappa shape index (κ1) is 17.9. The number of methoxy groups -OCH3 is 3. The first-order valence-electron chi connectivity index (χ1n) is 7.28. The van der Waals surface area contributed by atoms with E-state index in [2.05, 4.69) is 10.3 Å². The summed E-state index contributed by atoms with van der Waals surface area (Å²) in [6.07, 6.45) is 0.655. The zero-order valence-corrected chi connectivity index (χ0v) is 14.5. The van der Waals surface area contributed by atoms with Crippen LogP contribution in [0.2, 0.25) is 5.15 Å². The number of ether oxygens (including phenoxy) is 3. The highest BCUT2D eigenvalue weighted by Gasteiger charge is 2.10. The van der Waals surface area contributed by atoms with Gasteiger partial charge in [-0.1, -0.05) is 17.7 Å². The van der Waals surface area contributed by atoms with E-state index < -0.39 is 0 Å². The Morgan fingerprint density at radius 1 is 1.08 bits per heavy atom. The lowest BCUT2D eigenvalue weighted by atomic mass is 10.1. The molecular formula is C17H19ClN2O4. The van der Waals surface area contributed by atoms with Gasteiger partial charge >= 0.3 is 0 Å². The maximum absolute atomic E-state index is 12.2. The van der Waals surface area contributed by atoms with Crippen LogP contribution in [0.3, 0.4) is 0 Å². The quantitative estimate of drug-likeness (QED) is 0.777. The summed E-state index contributed by atoms with van der Waals surface area (Å²) in [7, 11) is 4.65. The van der Waals surface area contributed by atoms with Crippen molar-refractivity contribution in [3.05, 3.63) is 46.6 Å². The molecule has 0 saturated heterocycles. The minimum Gasteiger partial charge on any atom is -0.493 e. The van der Waals surface area contributed by atoms with E-state index in [4.69, 9.17) is 25.8 Å². The van der Waals surface area contributed by atoms with Crippen LogP contribution >= 0.6 is 11.6 Å². The van der Waals surface area contributed by atoms with E-state index in [-0.39, 0.29) is 11.1 Å². The molecule has 0 atom stereocenters. The molecule has 0 spiro atoms. The van der Waals surface area contributed by atoms with Crippen LogP contribution in [0.25, 0.3) is 0 Å². The minimum atomic E-state index is -0.238. The second-order valence-electron chi connectivity index (χ2n) is 4.92. The van der Waals surface area contributed by atoms with Gasteiger partial charge in [0.15, 0.2) is 11.5 Å². The summed E-state index contributed by atoms with van der Waals surface area (Å²) in [6, 6.07) is 8.69. The molecule has 2 rings (SSSR count).